The van der Waals surface area contributed by atoms with Crippen molar-refractivity contribution < 1.29 is 4.39 Å². The Morgan fingerprint density at radius 1 is 1.21 bits per heavy atom. The summed E-state index contributed by atoms with van der Waals surface area (Å²) in [4.78, 5) is 4.54. The highest BCUT2D eigenvalue weighted by Crippen LogP contribution is 2.30. The third kappa shape index (κ3) is 1.76. The molecular weight excluding hydrogens is 241 g/mol. The number of aromatic nitrogens is 2. The molecule has 3 rings (SSSR count). The van der Waals surface area contributed by atoms with Crippen molar-refractivity contribution in [2.24, 2.45) is 7.05 Å². The van der Waals surface area contributed by atoms with Crippen molar-refractivity contribution in [1.29, 1.82) is 0 Å². The number of hydrogen-bond donors (Lipinski definition) is 1. The Morgan fingerprint density at radius 2 is 2.00 bits per heavy atom. The molecule has 0 bridgehead atoms. The second-order valence-corrected chi connectivity index (χ2v) is 4.66. The lowest BCUT2D eigenvalue weighted by Crippen LogP contribution is -1.98. The minimum absolute atomic E-state index is 0.265. The number of nitrogens with two attached hydrogens (primary N) is 1. The van der Waals surface area contributed by atoms with Crippen LogP contribution in [-0.4, -0.2) is 9.55 Å². The van der Waals surface area contributed by atoms with Gasteiger partial charge in [0.2, 0.25) is 0 Å². The first-order valence-corrected chi connectivity index (χ1v) is 6.05. The standard InChI is InChI=1S/C15H14FN3/c1-9-4-3-5-11(14(9)17)15-18-12-7-6-10(16)8-13(12)19(15)2/h3-8H,17H2,1-2H3. The highest BCUT2D eigenvalue weighted by atomic mass is 19.1. The van der Waals surface area contributed by atoms with E-state index in [1.807, 2.05) is 36.7 Å². The highest BCUT2D eigenvalue weighted by molar-refractivity contribution is 5.84. The van der Waals surface area contributed by atoms with E-state index < -0.39 is 0 Å². The van der Waals surface area contributed by atoms with Gasteiger partial charge >= 0.3 is 0 Å². The molecule has 4 heteroatoms. The van der Waals surface area contributed by atoms with Crippen molar-refractivity contribution in [3.8, 4) is 11.4 Å². The van der Waals surface area contributed by atoms with E-state index in [4.69, 9.17) is 5.73 Å². The molecule has 1 aromatic heterocycles. The van der Waals surface area contributed by atoms with Crippen LogP contribution in [0.5, 0.6) is 0 Å². The SMILES string of the molecule is Cc1cccc(-c2nc3ccc(F)cc3n2C)c1N. The Morgan fingerprint density at radius 3 is 2.79 bits per heavy atom. The van der Waals surface area contributed by atoms with Crippen LogP contribution < -0.4 is 5.73 Å². The summed E-state index contributed by atoms with van der Waals surface area (Å²) in [5.41, 5.74) is 10.2. The van der Waals surface area contributed by atoms with E-state index in [1.54, 1.807) is 6.07 Å². The van der Waals surface area contributed by atoms with Crippen LogP contribution in [-0.2, 0) is 7.05 Å². The molecule has 0 amide bonds. The van der Waals surface area contributed by atoms with E-state index in [9.17, 15) is 4.39 Å². The average molecular weight is 255 g/mol. The van der Waals surface area contributed by atoms with Gasteiger partial charge in [-0.25, -0.2) is 9.37 Å². The summed E-state index contributed by atoms with van der Waals surface area (Å²) < 4.78 is 15.2. The molecule has 1 heterocycles. The summed E-state index contributed by atoms with van der Waals surface area (Å²) in [7, 11) is 1.87. The van der Waals surface area contributed by atoms with Crippen LogP contribution in [0.25, 0.3) is 22.4 Å². The number of anilines is 1. The van der Waals surface area contributed by atoms with Crippen molar-refractivity contribution in [3.63, 3.8) is 0 Å². The van der Waals surface area contributed by atoms with Crippen molar-refractivity contribution in [1.82, 2.24) is 9.55 Å². The summed E-state index contributed by atoms with van der Waals surface area (Å²) in [6.07, 6.45) is 0. The number of para-hydroxylation sites is 1. The maximum Gasteiger partial charge on any atom is 0.142 e. The quantitative estimate of drug-likeness (QED) is 0.678. The zero-order valence-electron chi connectivity index (χ0n) is 10.8. The lowest BCUT2D eigenvalue weighted by Gasteiger charge is -2.08. The molecule has 3 nitrogen and oxygen atoms in total. The molecule has 0 unspecified atom stereocenters. The van der Waals surface area contributed by atoms with Crippen molar-refractivity contribution >= 4 is 16.7 Å². The Kier molecular flexibility index (Phi) is 2.52. The summed E-state index contributed by atoms with van der Waals surface area (Å²) in [6, 6.07) is 10.4. The van der Waals surface area contributed by atoms with Gasteiger partial charge in [0.05, 0.1) is 11.0 Å². The molecule has 0 atom stereocenters. The number of nitrogen functional groups attached to an aromatic ring is 1. The molecule has 0 saturated carbocycles. The molecule has 2 aromatic carbocycles. The van der Waals surface area contributed by atoms with E-state index in [0.717, 1.165) is 28.0 Å². The average Bonchev–Trinajstić information content (AvgIpc) is 2.70. The molecule has 96 valence electrons. The first-order valence-electron chi connectivity index (χ1n) is 6.05. The van der Waals surface area contributed by atoms with Crippen LogP contribution in [0.4, 0.5) is 10.1 Å². The van der Waals surface area contributed by atoms with Crippen LogP contribution in [0.15, 0.2) is 36.4 Å². The predicted octanol–water partition coefficient (Wildman–Crippen LogP) is 3.27. The number of hydrogen-bond acceptors (Lipinski definition) is 2. The molecule has 0 aliphatic carbocycles. The van der Waals surface area contributed by atoms with Gasteiger partial charge in [-0.05, 0) is 36.8 Å². The predicted molar refractivity (Wildman–Crippen MR) is 75.3 cm³/mol. The lowest BCUT2D eigenvalue weighted by molar-refractivity contribution is 0.629. The minimum Gasteiger partial charge on any atom is -0.398 e. The van der Waals surface area contributed by atoms with Crippen molar-refractivity contribution in [3.05, 3.63) is 47.8 Å². The van der Waals surface area contributed by atoms with Gasteiger partial charge < -0.3 is 10.3 Å². The van der Waals surface area contributed by atoms with Crippen molar-refractivity contribution in [2.45, 2.75) is 6.92 Å². The Hall–Kier alpha value is -2.36. The van der Waals surface area contributed by atoms with Gasteiger partial charge in [0, 0.05) is 18.3 Å². The number of rotatable bonds is 1. The first-order chi connectivity index (χ1) is 9.08. The van der Waals surface area contributed by atoms with Crippen molar-refractivity contribution in [2.75, 3.05) is 5.73 Å². The maximum absolute atomic E-state index is 13.3. The molecule has 2 N–H and O–H groups in total. The fourth-order valence-corrected chi connectivity index (χ4v) is 2.28. The molecule has 0 fully saturated rings. The number of halogens is 1. The van der Waals surface area contributed by atoms with E-state index in [2.05, 4.69) is 4.98 Å². The van der Waals surface area contributed by atoms with E-state index >= 15 is 0 Å². The molecule has 0 spiro atoms. The fraction of sp³-hybridized carbons (Fsp3) is 0.133. The monoisotopic (exact) mass is 255 g/mol. The third-order valence-corrected chi connectivity index (χ3v) is 3.41. The summed E-state index contributed by atoms with van der Waals surface area (Å²) in [6.45, 7) is 1.96. The van der Waals surface area contributed by atoms with Gasteiger partial charge in [0.25, 0.3) is 0 Å². The van der Waals surface area contributed by atoms with E-state index in [0.29, 0.717) is 5.69 Å². The molecular formula is C15H14FN3. The highest BCUT2D eigenvalue weighted by Gasteiger charge is 2.13. The number of imidazole rings is 1. The van der Waals surface area contributed by atoms with Crippen LogP contribution in [0.2, 0.25) is 0 Å². The number of nitrogens with zero attached hydrogens (tertiary/aromatic N) is 2. The van der Waals surface area contributed by atoms with Gasteiger partial charge in [-0.1, -0.05) is 12.1 Å². The lowest BCUT2D eigenvalue weighted by atomic mass is 10.1. The largest absolute Gasteiger partial charge is 0.398 e. The number of fused-ring (bicyclic) bond motifs is 1. The minimum atomic E-state index is -0.265. The summed E-state index contributed by atoms with van der Waals surface area (Å²) in [5.74, 6) is 0.487. The second-order valence-electron chi connectivity index (χ2n) is 4.66. The zero-order valence-corrected chi connectivity index (χ0v) is 10.8. The Balaban J connectivity index is 2.31. The van der Waals surface area contributed by atoms with Crippen LogP contribution >= 0.6 is 0 Å². The van der Waals surface area contributed by atoms with Gasteiger partial charge in [-0.3, -0.25) is 0 Å². The number of benzene rings is 2. The van der Waals surface area contributed by atoms with E-state index in [1.165, 1.54) is 12.1 Å². The summed E-state index contributed by atoms with van der Waals surface area (Å²) >= 11 is 0. The van der Waals surface area contributed by atoms with Gasteiger partial charge in [0.1, 0.15) is 11.6 Å². The molecule has 0 aliphatic heterocycles. The van der Waals surface area contributed by atoms with Gasteiger partial charge in [-0.2, -0.15) is 0 Å². The molecule has 0 saturated heterocycles. The Bertz CT molecular complexity index is 774. The molecule has 0 aliphatic rings. The van der Waals surface area contributed by atoms with Crippen LogP contribution in [0.3, 0.4) is 0 Å². The summed E-state index contributed by atoms with van der Waals surface area (Å²) in [5, 5.41) is 0. The van der Waals surface area contributed by atoms with Crippen LogP contribution in [0.1, 0.15) is 5.56 Å². The van der Waals surface area contributed by atoms with E-state index in [-0.39, 0.29) is 5.82 Å². The third-order valence-electron chi connectivity index (χ3n) is 3.41. The topological polar surface area (TPSA) is 43.8 Å². The Labute approximate surface area is 110 Å². The molecule has 3 aromatic rings. The first kappa shape index (κ1) is 11.7. The molecule has 0 radical (unpaired) electrons. The maximum atomic E-state index is 13.3. The number of aryl methyl sites for hydroxylation is 2. The normalized spacial score (nSPS) is 11.1. The van der Waals surface area contributed by atoms with Gasteiger partial charge in [0.15, 0.2) is 0 Å². The van der Waals surface area contributed by atoms with Gasteiger partial charge in [-0.15, -0.1) is 0 Å². The zero-order chi connectivity index (χ0) is 13.6. The smallest absolute Gasteiger partial charge is 0.142 e. The molecule has 19 heavy (non-hydrogen) atoms. The van der Waals surface area contributed by atoms with Crippen LogP contribution in [0, 0.1) is 12.7 Å². The fourth-order valence-electron chi connectivity index (χ4n) is 2.28. The second kappa shape index (κ2) is 4.09.